The van der Waals surface area contributed by atoms with Crippen LogP contribution in [0.3, 0.4) is 0 Å². The third kappa shape index (κ3) is 5.15. The molecule has 9 heteroatoms. The van der Waals surface area contributed by atoms with Gasteiger partial charge in [0.25, 0.3) is 0 Å². The molecule has 184 valence electrons. The Balaban J connectivity index is 1.55. The average Bonchev–Trinajstić information content (AvgIpc) is 3.15. The van der Waals surface area contributed by atoms with Crippen LogP contribution in [0.2, 0.25) is 0 Å². The summed E-state index contributed by atoms with van der Waals surface area (Å²) >= 11 is 1.98. The maximum Gasteiger partial charge on any atom is 0.356 e. The Bertz CT molecular complexity index is 1200. The number of nitrogens with one attached hydrogen (secondary N) is 2. The van der Waals surface area contributed by atoms with E-state index in [2.05, 4.69) is 15.6 Å². The Hall–Kier alpha value is -3.07. The smallest absolute Gasteiger partial charge is 0.356 e. The van der Waals surface area contributed by atoms with Gasteiger partial charge >= 0.3 is 5.97 Å². The van der Waals surface area contributed by atoms with Crippen LogP contribution in [-0.2, 0) is 22.5 Å². The molecule has 0 radical (unpaired) electrons. The second-order valence-corrected chi connectivity index (χ2v) is 10.4. The number of thioether (sulfide) groups is 1. The van der Waals surface area contributed by atoms with Crippen LogP contribution in [0.5, 0.6) is 0 Å². The van der Waals surface area contributed by atoms with Gasteiger partial charge < -0.3 is 19.9 Å². The monoisotopic (exact) mass is 493 g/mol. The SMILES string of the molecule is COC(=O)c1c(NC(=O)C2CCC2)c2cc(NC3CCSCC3)cnc2n1CCc1ccccn1. The maximum absolute atomic E-state index is 13.0. The highest BCUT2D eigenvalue weighted by Gasteiger charge is 2.30. The highest BCUT2D eigenvalue weighted by Crippen LogP contribution is 2.35. The first-order valence-electron chi connectivity index (χ1n) is 12.3. The zero-order chi connectivity index (χ0) is 24.2. The van der Waals surface area contributed by atoms with Crippen LogP contribution >= 0.6 is 11.8 Å². The number of ether oxygens (including phenoxy) is 1. The number of carbonyl (C=O) groups excluding carboxylic acids is 2. The molecule has 2 aliphatic rings. The number of fused-ring (bicyclic) bond motifs is 1. The lowest BCUT2D eigenvalue weighted by atomic mass is 9.85. The molecule has 5 rings (SSSR count). The molecule has 1 saturated heterocycles. The molecule has 35 heavy (non-hydrogen) atoms. The largest absolute Gasteiger partial charge is 0.464 e. The molecule has 0 bridgehead atoms. The fourth-order valence-corrected chi connectivity index (χ4v) is 5.81. The van der Waals surface area contributed by atoms with E-state index in [0.717, 1.165) is 60.4 Å². The van der Waals surface area contributed by atoms with Crippen molar-refractivity contribution >= 4 is 46.0 Å². The Kier molecular flexibility index (Phi) is 7.22. The van der Waals surface area contributed by atoms with E-state index in [0.29, 0.717) is 36.0 Å². The van der Waals surface area contributed by atoms with E-state index in [1.54, 1.807) is 6.20 Å². The van der Waals surface area contributed by atoms with Gasteiger partial charge in [-0.1, -0.05) is 12.5 Å². The van der Waals surface area contributed by atoms with Crippen molar-refractivity contribution in [3.05, 3.63) is 48.0 Å². The zero-order valence-electron chi connectivity index (χ0n) is 20.0. The summed E-state index contributed by atoms with van der Waals surface area (Å²) in [7, 11) is 1.36. The van der Waals surface area contributed by atoms with Gasteiger partial charge in [0, 0.05) is 42.2 Å². The van der Waals surface area contributed by atoms with E-state index in [9.17, 15) is 9.59 Å². The van der Waals surface area contributed by atoms with Crippen LogP contribution in [0.1, 0.15) is 48.3 Å². The molecule has 2 fully saturated rings. The Labute approximate surface area is 209 Å². The average molecular weight is 494 g/mol. The van der Waals surface area contributed by atoms with Crippen LogP contribution in [0.4, 0.5) is 11.4 Å². The molecule has 0 unspecified atom stereocenters. The summed E-state index contributed by atoms with van der Waals surface area (Å²) < 4.78 is 7.02. The summed E-state index contributed by atoms with van der Waals surface area (Å²) in [6.07, 6.45) is 9.22. The van der Waals surface area contributed by atoms with Crippen LogP contribution in [-0.4, -0.2) is 51.1 Å². The van der Waals surface area contributed by atoms with E-state index in [1.165, 1.54) is 7.11 Å². The minimum Gasteiger partial charge on any atom is -0.464 e. The van der Waals surface area contributed by atoms with Gasteiger partial charge in [-0.05, 0) is 55.4 Å². The molecule has 1 saturated carbocycles. The minimum atomic E-state index is -0.494. The second-order valence-electron chi connectivity index (χ2n) is 9.18. The van der Waals surface area contributed by atoms with E-state index in [-0.39, 0.29) is 11.8 Å². The van der Waals surface area contributed by atoms with Gasteiger partial charge in [0.2, 0.25) is 5.91 Å². The number of methoxy groups -OCH3 is 1. The van der Waals surface area contributed by atoms with Gasteiger partial charge in [0.15, 0.2) is 5.69 Å². The maximum atomic E-state index is 13.0. The molecule has 8 nitrogen and oxygen atoms in total. The van der Waals surface area contributed by atoms with Crippen molar-refractivity contribution < 1.29 is 14.3 Å². The lowest BCUT2D eigenvalue weighted by Gasteiger charge is -2.24. The summed E-state index contributed by atoms with van der Waals surface area (Å²) in [4.78, 5) is 35.2. The van der Waals surface area contributed by atoms with E-state index in [4.69, 9.17) is 9.72 Å². The first kappa shape index (κ1) is 23.7. The molecule has 1 aliphatic carbocycles. The van der Waals surface area contributed by atoms with Crippen LogP contribution in [0.25, 0.3) is 11.0 Å². The van der Waals surface area contributed by atoms with Crippen molar-refractivity contribution in [1.29, 1.82) is 0 Å². The van der Waals surface area contributed by atoms with Gasteiger partial charge in [-0.15, -0.1) is 0 Å². The summed E-state index contributed by atoms with van der Waals surface area (Å²) in [5.41, 5.74) is 3.27. The summed E-state index contributed by atoms with van der Waals surface area (Å²) in [5, 5.41) is 7.42. The number of hydrogen-bond acceptors (Lipinski definition) is 7. The molecule has 0 spiro atoms. The lowest BCUT2D eigenvalue weighted by Crippen LogP contribution is -2.29. The molecule has 0 aromatic carbocycles. The van der Waals surface area contributed by atoms with E-state index >= 15 is 0 Å². The number of nitrogens with zero attached hydrogens (tertiary/aromatic N) is 3. The van der Waals surface area contributed by atoms with Gasteiger partial charge in [-0.2, -0.15) is 11.8 Å². The zero-order valence-corrected chi connectivity index (χ0v) is 20.8. The van der Waals surface area contributed by atoms with Crippen molar-refractivity contribution in [2.24, 2.45) is 5.92 Å². The van der Waals surface area contributed by atoms with Crippen molar-refractivity contribution in [2.75, 3.05) is 29.2 Å². The molecule has 4 heterocycles. The summed E-state index contributed by atoms with van der Waals surface area (Å²) in [6.45, 7) is 0.483. The highest BCUT2D eigenvalue weighted by molar-refractivity contribution is 7.99. The van der Waals surface area contributed by atoms with Crippen LogP contribution in [0.15, 0.2) is 36.7 Å². The first-order chi connectivity index (χ1) is 17.1. The molecule has 3 aromatic rings. The lowest BCUT2D eigenvalue weighted by molar-refractivity contribution is -0.122. The van der Waals surface area contributed by atoms with Gasteiger partial charge in [-0.3, -0.25) is 9.78 Å². The van der Waals surface area contributed by atoms with E-state index in [1.807, 2.05) is 46.8 Å². The standard InChI is InChI=1S/C26H31N5O3S/c1-34-26(33)23-22(30-25(32)17-5-4-6-17)21-15-20(29-19-9-13-35-14-10-19)16-28-24(21)31(23)12-8-18-7-2-3-11-27-18/h2-3,7,11,15-17,19,29H,4-6,8-10,12-14H2,1H3,(H,30,32). The van der Waals surface area contributed by atoms with Crippen molar-refractivity contribution in [3.8, 4) is 0 Å². The number of esters is 1. The fourth-order valence-electron chi connectivity index (χ4n) is 4.70. The predicted molar refractivity (Wildman–Crippen MR) is 139 cm³/mol. The summed E-state index contributed by atoms with van der Waals surface area (Å²) in [6, 6.07) is 8.19. The fraction of sp³-hybridized carbons (Fsp3) is 0.462. The second kappa shape index (κ2) is 10.7. The number of carbonyl (C=O) groups is 2. The molecule has 2 N–H and O–H groups in total. The third-order valence-corrected chi connectivity index (χ3v) is 7.96. The molecular formula is C26H31N5O3S. The number of aromatic nitrogens is 3. The third-order valence-electron chi connectivity index (χ3n) is 6.91. The highest BCUT2D eigenvalue weighted by atomic mass is 32.2. The Morgan fingerprint density at radius 2 is 2.00 bits per heavy atom. The summed E-state index contributed by atoms with van der Waals surface area (Å²) in [5.74, 6) is 1.74. The first-order valence-corrected chi connectivity index (χ1v) is 13.4. The normalized spacial score (nSPS) is 16.6. The van der Waals surface area contributed by atoms with Crippen LogP contribution < -0.4 is 10.6 Å². The molecule has 1 amide bonds. The van der Waals surface area contributed by atoms with Crippen molar-refractivity contribution in [2.45, 2.75) is 51.1 Å². The number of hydrogen-bond donors (Lipinski definition) is 2. The number of aryl methyl sites for hydroxylation is 2. The number of amides is 1. The predicted octanol–water partition coefficient (Wildman–Crippen LogP) is 4.51. The number of anilines is 2. The van der Waals surface area contributed by atoms with Gasteiger partial charge in [0.05, 0.1) is 24.7 Å². The Morgan fingerprint density at radius 3 is 2.69 bits per heavy atom. The molecule has 0 atom stereocenters. The topological polar surface area (TPSA) is 98.1 Å². The van der Waals surface area contributed by atoms with Crippen molar-refractivity contribution in [1.82, 2.24) is 14.5 Å². The van der Waals surface area contributed by atoms with Gasteiger partial charge in [-0.25, -0.2) is 9.78 Å². The molecular weight excluding hydrogens is 462 g/mol. The number of rotatable bonds is 8. The number of pyridine rings is 2. The quantitative estimate of drug-likeness (QED) is 0.446. The van der Waals surface area contributed by atoms with E-state index < -0.39 is 5.97 Å². The molecule has 1 aliphatic heterocycles. The van der Waals surface area contributed by atoms with Crippen molar-refractivity contribution in [3.63, 3.8) is 0 Å². The van der Waals surface area contributed by atoms with Crippen LogP contribution in [0, 0.1) is 5.92 Å². The molecule has 3 aromatic heterocycles. The minimum absolute atomic E-state index is 0.0126. The van der Waals surface area contributed by atoms with Gasteiger partial charge in [0.1, 0.15) is 5.65 Å². The Morgan fingerprint density at radius 1 is 1.17 bits per heavy atom.